The average molecular weight is 471 g/mol. The number of likely N-dealkylation sites (N-methyl/N-ethyl adjacent to an activating group) is 2. The number of nitrogens with zero attached hydrogens (tertiary/aromatic N) is 2. The molecular weight excluding hydrogens is 428 g/mol. The summed E-state index contributed by atoms with van der Waals surface area (Å²) < 4.78 is 5.18. The number of hydrogen-bond acceptors (Lipinski definition) is 6. The van der Waals surface area contributed by atoms with Crippen LogP contribution in [0.15, 0.2) is 42.5 Å². The van der Waals surface area contributed by atoms with E-state index in [1.54, 1.807) is 24.3 Å². The zero-order chi connectivity index (χ0) is 25.5. The van der Waals surface area contributed by atoms with Crippen LogP contribution in [0.1, 0.15) is 49.2 Å². The van der Waals surface area contributed by atoms with E-state index in [9.17, 15) is 9.59 Å². The summed E-state index contributed by atoms with van der Waals surface area (Å²) in [5, 5.41) is 3.00. The van der Waals surface area contributed by atoms with Crippen LogP contribution in [0.3, 0.4) is 0 Å². The number of aryl methyl sites for hydroxylation is 2. The SMILES string of the molecule is CCN(CC)CC(=O)Nc1c(C)cccc1C.CCN(CC)CCOC(=O)c1ccc(N)cc1. The molecule has 0 saturated carbocycles. The monoisotopic (exact) mass is 470 g/mol. The van der Waals surface area contributed by atoms with Crippen LogP contribution in [0.25, 0.3) is 0 Å². The summed E-state index contributed by atoms with van der Waals surface area (Å²) in [6, 6.07) is 12.8. The van der Waals surface area contributed by atoms with Crippen molar-refractivity contribution in [2.75, 3.05) is 56.9 Å². The first kappa shape index (κ1) is 29.1. The number of para-hydroxylation sites is 1. The first-order valence-electron chi connectivity index (χ1n) is 12.1. The molecule has 2 aromatic rings. The lowest BCUT2D eigenvalue weighted by Crippen LogP contribution is -2.33. The smallest absolute Gasteiger partial charge is 0.338 e. The molecule has 0 aliphatic heterocycles. The number of carbonyl (C=O) groups is 2. The van der Waals surface area contributed by atoms with Gasteiger partial charge in [0, 0.05) is 17.9 Å². The zero-order valence-corrected chi connectivity index (χ0v) is 21.7. The van der Waals surface area contributed by atoms with Crippen molar-refractivity contribution in [2.45, 2.75) is 41.5 Å². The number of nitrogen functional groups attached to an aromatic ring is 1. The second-order valence-corrected chi connectivity index (χ2v) is 8.06. The highest BCUT2D eigenvalue weighted by Gasteiger charge is 2.10. The number of ether oxygens (including phenoxy) is 1. The molecule has 0 aromatic heterocycles. The van der Waals surface area contributed by atoms with E-state index in [0.717, 1.165) is 49.5 Å². The van der Waals surface area contributed by atoms with E-state index >= 15 is 0 Å². The Labute approximate surface area is 205 Å². The van der Waals surface area contributed by atoms with E-state index in [0.29, 0.717) is 24.4 Å². The van der Waals surface area contributed by atoms with Gasteiger partial charge in [-0.25, -0.2) is 4.79 Å². The van der Waals surface area contributed by atoms with Crippen LogP contribution >= 0.6 is 0 Å². The number of nitrogens with one attached hydrogen (secondary N) is 1. The molecule has 0 aliphatic rings. The first-order chi connectivity index (χ1) is 16.2. The normalized spacial score (nSPS) is 10.6. The first-order valence-corrected chi connectivity index (χ1v) is 12.1. The molecule has 7 heteroatoms. The van der Waals surface area contributed by atoms with Gasteiger partial charge in [0.15, 0.2) is 0 Å². The third-order valence-corrected chi connectivity index (χ3v) is 5.69. The molecule has 3 N–H and O–H groups in total. The summed E-state index contributed by atoms with van der Waals surface area (Å²) >= 11 is 0. The Kier molecular flexibility index (Phi) is 13.6. The van der Waals surface area contributed by atoms with Gasteiger partial charge in [-0.15, -0.1) is 0 Å². The average Bonchev–Trinajstić information content (AvgIpc) is 2.83. The molecule has 188 valence electrons. The fraction of sp³-hybridized carbons (Fsp3) is 0.481. The van der Waals surface area contributed by atoms with Crippen molar-refractivity contribution in [2.24, 2.45) is 0 Å². The van der Waals surface area contributed by atoms with Crippen molar-refractivity contribution in [3.63, 3.8) is 0 Å². The van der Waals surface area contributed by atoms with Crippen molar-refractivity contribution in [3.8, 4) is 0 Å². The van der Waals surface area contributed by atoms with Crippen LogP contribution in [0.5, 0.6) is 0 Å². The molecule has 34 heavy (non-hydrogen) atoms. The molecule has 2 rings (SSSR count). The molecule has 0 spiro atoms. The van der Waals surface area contributed by atoms with Gasteiger partial charge in [0.25, 0.3) is 0 Å². The Morgan fingerprint density at radius 3 is 1.88 bits per heavy atom. The Morgan fingerprint density at radius 1 is 0.853 bits per heavy atom. The number of benzene rings is 2. The van der Waals surface area contributed by atoms with Crippen LogP contribution in [-0.2, 0) is 9.53 Å². The third kappa shape index (κ3) is 10.4. The van der Waals surface area contributed by atoms with E-state index in [4.69, 9.17) is 10.5 Å². The van der Waals surface area contributed by atoms with Gasteiger partial charge in [-0.3, -0.25) is 9.69 Å². The van der Waals surface area contributed by atoms with Gasteiger partial charge >= 0.3 is 5.97 Å². The predicted molar refractivity (Wildman–Crippen MR) is 141 cm³/mol. The van der Waals surface area contributed by atoms with Gasteiger partial charge in [0.1, 0.15) is 6.61 Å². The molecule has 0 radical (unpaired) electrons. The van der Waals surface area contributed by atoms with E-state index in [1.807, 2.05) is 32.0 Å². The fourth-order valence-electron chi connectivity index (χ4n) is 3.35. The number of anilines is 2. The minimum Gasteiger partial charge on any atom is -0.461 e. The second-order valence-electron chi connectivity index (χ2n) is 8.06. The Balaban J connectivity index is 0.000000340. The van der Waals surface area contributed by atoms with Gasteiger partial charge in [0.05, 0.1) is 12.1 Å². The lowest BCUT2D eigenvalue weighted by molar-refractivity contribution is -0.117. The number of amides is 1. The topological polar surface area (TPSA) is 87.9 Å². The maximum absolute atomic E-state index is 11.9. The van der Waals surface area contributed by atoms with E-state index < -0.39 is 0 Å². The van der Waals surface area contributed by atoms with Gasteiger partial charge in [-0.2, -0.15) is 0 Å². The Morgan fingerprint density at radius 2 is 1.38 bits per heavy atom. The lowest BCUT2D eigenvalue weighted by Gasteiger charge is -2.18. The van der Waals surface area contributed by atoms with Gasteiger partial charge in [0.2, 0.25) is 5.91 Å². The Bertz CT molecular complexity index is 856. The molecule has 0 heterocycles. The van der Waals surface area contributed by atoms with Crippen molar-refractivity contribution in [1.82, 2.24) is 9.80 Å². The van der Waals surface area contributed by atoms with E-state index in [-0.39, 0.29) is 11.9 Å². The summed E-state index contributed by atoms with van der Waals surface area (Å²) in [7, 11) is 0. The second kappa shape index (κ2) is 15.9. The highest BCUT2D eigenvalue weighted by molar-refractivity contribution is 5.93. The number of carbonyl (C=O) groups excluding carboxylic acids is 2. The van der Waals surface area contributed by atoms with Crippen molar-refractivity contribution in [1.29, 1.82) is 0 Å². The minimum atomic E-state index is -0.294. The number of esters is 1. The summed E-state index contributed by atoms with van der Waals surface area (Å²) in [6.07, 6.45) is 0. The number of rotatable bonds is 11. The Hall–Kier alpha value is -2.90. The molecule has 0 atom stereocenters. The molecule has 0 unspecified atom stereocenters. The zero-order valence-electron chi connectivity index (χ0n) is 21.7. The van der Waals surface area contributed by atoms with Crippen LogP contribution in [-0.4, -0.2) is 67.6 Å². The van der Waals surface area contributed by atoms with Crippen molar-refractivity contribution in [3.05, 3.63) is 59.2 Å². The molecule has 0 fully saturated rings. The standard InChI is InChI=1S/C14H22N2O.C13H20N2O2/c1-5-16(6-2)10-13(17)15-14-11(3)8-7-9-12(14)4;1-3-15(4-2)9-10-17-13(16)11-5-7-12(14)8-6-11/h7-9H,5-6,10H2,1-4H3,(H,15,17);5-8H,3-4,9-10,14H2,1-2H3. The molecule has 0 bridgehead atoms. The summed E-state index contributed by atoms with van der Waals surface area (Å²) in [5.41, 5.74) is 9.89. The quantitative estimate of drug-likeness (QED) is 0.375. The summed E-state index contributed by atoms with van der Waals surface area (Å²) in [5.74, 6) is -0.233. The van der Waals surface area contributed by atoms with E-state index in [1.165, 1.54) is 0 Å². The van der Waals surface area contributed by atoms with Crippen LogP contribution in [0.4, 0.5) is 11.4 Å². The summed E-state index contributed by atoms with van der Waals surface area (Å²) in [6.45, 7) is 17.7. The molecule has 2 aromatic carbocycles. The number of nitrogens with two attached hydrogens (primary N) is 1. The maximum Gasteiger partial charge on any atom is 0.338 e. The van der Waals surface area contributed by atoms with Crippen LogP contribution in [0.2, 0.25) is 0 Å². The van der Waals surface area contributed by atoms with Crippen molar-refractivity contribution >= 4 is 23.3 Å². The van der Waals surface area contributed by atoms with Crippen molar-refractivity contribution < 1.29 is 14.3 Å². The predicted octanol–water partition coefficient (Wildman–Crippen LogP) is 4.35. The highest BCUT2D eigenvalue weighted by Crippen LogP contribution is 2.19. The fourth-order valence-corrected chi connectivity index (χ4v) is 3.35. The molecular formula is C27H42N4O3. The number of hydrogen-bond donors (Lipinski definition) is 2. The third-order valence-electron chi connectivity index (χ3n) is 5.69. The van der Waals surface area contributed by atoms with Crippen LogP contribution in [0, 0.1) is 13.8 Å². The molecule has 7 nitrogen and oxygen atoms in total. The minimum absolute atomic E-state index is 0.0612. The summed E-state index contributed by atoms with van der Waals surface area (Å²) in [4.78, 5) is 27.8. The lowest BCUT2D eigenvalue weighted by atomic mass is 10.1. The van der Waals surface area contributed by atoms with Crippen LogP contribution < -0.4 is 11.1 Å². The maximum atomic E-state index is 11.9. The molecule has 0 saturated heterocycles. The highest BCUT2D eigenvalue weighted by atomic mass is 16.5. The van der Waals surface area contributed by atoms with Gasteiger partial charge in [-0.1, -0.05) is 45.9 Å². The largest absolute Gasteiger partial charge is 0.461 e. The molecule has 0 aliphatic carbocycles. The molecule has 1 amide bonds. The van der Waals surface area contributed by atoms with Gasteiger partial charge in [-0.05, 0) is 75.4 Å². The van der Waals surface area contributed by atoms with Gasteiger partial charge < -0.3 is 20.7 Å². The van der Waals surface area contributed by atoms with E-state index in [2.05, 4.69) is 42.8 Å².